The quantitative estimate of drug-likeness (QED) is 0.805. The van der Waals surface area contributed by atoms with Crippen molar-refractivity contribution in [2.24, 2.45) is 0 Å². The van der Waals surface area contributed by atoms with Crippen molar-refractivity contribution < 1.29 is 17.2 Å². The Morgan fingerprint density at radius 2 is 1.85 bits per heavy atom. The molecule has 0 saturated heterocycles. The summed E-state index contributed by atoms with van der Waals surface area (Å²) in [6, 6.07) is 9.33. The van der Waals surface area contributed by atoms with Crippen molar-refractivity contribution in [3.63, 3.8) is 0 Å². The molecular weight excluding hydrogens is 283 g/mol. The van der Waals surface area contributed by atoms with E-state index in [1.54, 1.807) is 12.1 Å². The summed E-state index contributed by atoms with van der Waals surface area (Å²) in [6.07, 6.45) is 1.28. The number of benzene rings is 2. The molecule has 20 heavy (non-hydrogen) atoms. The van der Waals surface area contributed by atoms with E-state index >= 15 is 0 Å². The summed E-state index contributed by atoms with van der Waals surface area (Å²) in [7, 11) is -3.76. The van der Waals surface area contributed by atoms with E-state index in [2.05, 4.69) is 9.71 Å². The fourth-order valence-corrected chi connectivity index (χ4v) is 2.80. The van der Waals surface area contributed by atoms with E-state index in [0.717, 1.165) is 12.1 Å². The average Bonchev–Trinajstić information content (AvgIpc) is 2.86. The summed E-state index contributed by atoms with van der Waals surface area (Å²) in [5, 5.41) is 0. The Labute approximate surface area is 114 Å². The predicted octanol–water partition coefficient (Wildman–Crippen LogP) is 2.77. The largest absolute Gasteiger partial charge is 0.443 e. The van der Waals surface area contributed by atoms with Crippen molar-refractivity contribution in [3.05, 3.63) is 54.7 Å². The van der Waals surface area contributed by atoms with Gasteiger partial charge in [-0.25, -0.2) is 17.8 Å². The average molecular weight is 292 g/mol. The zero-order chi connectivity index (χ0) is 14.2. The van der Waals surface area contributed by atoms with E-state index in [1.165, 1.54) is 24.6 Å². The van der Waals surface area contributed by atoms with Gasteiger partial charge in [0.1, 0.15) is 11.3 Å². The zero-order valence-corrected chi connectivity index (χ0v) is 10.9. The van der Waals surface area contributed by atoms with E-state index in [9.17, 15) is 12.8 Å². The Bertz CT molecular complexity index is 857. The van der Waals surface area contributed by atoms with Gasteiger partial charge in [0, 0.05) is 6.07 Å². The maximum absolute atomic E-state index is 12.8. The number of nitrogens with zero attached hydrogens (tertiary/aromatic N) is 1. The van der Waals surface area contributed by atoms with Gasteiger partial charge in [-0.1, -0.05) is 0 Å². The van der Waals surface area contributed by atoms with Crippen molar-refractivity contribution in [1.82, 2.24) is 4.98 Å². The van der Waals surface area contributed by atoms with Gasteiger partial charge in [0.15, 0.2) is 12.0 Å². The molecule has 3 rings (SSSR count). The predicted molar refractivity (Wildman–Crippen MR) is 71.2 cm³/mol. The summed E-state index contributed by atoms with van der Waals surface area (Å²) in [4.78, 5) is 3.92. The number of fused-ring (bicyclic) bond motifs is 1. The maximum atomic E-state index is 12.8. The molecule has 0 radical (unpaired) electrons. The van der Waals surface area contributed by atoms with Crippen LogP contribution in [0.25, 0.3) is 11.1 Å². The minimum atomic E-state index is -3.76. The van der Waals surface area contributed by atoms with Crippen LogP contribution in [0.5, 0.6) is 0 Å². The first-order chi connectivity index (χ1) is 9.54. The summed E-state index contributed by atoms with van der Waals surface area (Å²) in [6.45, 7) is 0. The number of oxazole rings is 1. The topological polar surface area (TPSA) is 72.2 Å². The molecule has 0 bridgehead atoms. The molecule has 0 unspecified atom stereocenters. The van der Waals surface area contributed by atoms with Gasteiger partial charge < -0.3 is 4.42 Å². The van der Waals surface area contributed by atoms with Crippen LogP contribution >= 0.6 is 0 Å². The molecule has 0 aliphatic heterocycles. The van der Waals surface area contributed by atoms with Gasteiger partial charge >= 0.3 is 0 Å². The number of rotatable bonds is 3. The summed E-state index contributed by atoms with van der Waals surface area (Å²) in [5.41, 5.74) is 1.46. The molecular formula is C13H9FN2O3S. The van der Waals surface area contributed by atoms with Crippen LogP contribution in [0.1, 0.15) is 0 Å². The summed E-state index contributed by atoms with van der Waals surface area (Å²) in [5.74, 6) is -0.493. The number of sulfonamides is 1. The Hall–Kier alpha value is -2.41. The monoisotopic (exact) mass is 292 g/mol. The highest BCUT2D eigenvalue weighted by Gasteiger charge is 2.14. The van der Waals surface area contributed by atoms with Crippen LogP contribution in [0.2, 0.25) is 0 Å². The van der Waals surface area contributed by atoms with Crippen LogP contribution in [0.3, 0.4) is 0 Å². The molecule has 102 valence electrons. The molecule has 0 saturated carbocycles. The Kier molecular flexibility index (Phi) is 2.90. The van der Waals surface area contributed by atoms with E-state index in [-0.39, 0.29) is 4.90 Å². The lowest BCUT2D eigenvalue weighted by Crippen LogP contribution is -2.12. The van der Waals surface area contributed by atoms with Crippen LogP contribution < -0.4 is 4.72 Å². The molecule has 7 heteroatoms. The maximum Gasteiger partial charge on any atom is 0.261 e. The number of hydrogen-bond donors (Lipinski definition) is 1. The number of aromatic nitrogens is 1. The first-order valence-corrected chi connectivity index (χ1v) is 7.14. The molecule has 0 aliphatic carbocycles. The lowest BCUT2D eigenvalue weighted by atomic mass is 10.3. The van der Waals surface area contributed by atoms with E-state index in [4.69, 9.17) is 4.42 Å². The number of nitrogens with one attached hydrogen (secondary N) is 1. The number of anilines is 1. The van der Waals surface area contributed by atoms with Crippen molar-refractivity contribution in [1.29, 1.82) is 0 Å². The van der Waals surface area contributed by atoms with Crippen molar-refractivity contribution in [2.75, 3.05) is 4.72 Å². The highest BCUT2D eigenvalue weighted by Crippen LogP contribution is 2.21. The number of halogens is 1. The minimum absolute atomic E-state index is 0.0171. The first-order valence-electron chi connectivity index (χ1n) is 5.66. The molecule has 1 heterocycles. The van der Waals surface area contributed by atoms with Crippen LogP contribution in [0.4, 0.5) is 10.1 Å². The van der Waals surface area contributed by atoms with Crippen LogP contribution in [0, 0.1) is 5.82 Å². The molecule has 2 aromatic carbocycles. The van der Waals surface area contributed by atoms with Gasteiger partial charge in [0.05, 0.1) is 10.6 Å². The zero-order valence-electron chi connectivity index (χ0n) is 10.1. The standard InChI is InChI=1S/C13H9FN2O3S/c14-9-1-4-11(5-2-9)20(17,18)16-10-3-6-12-13(7-10)19-8-15-12/h1-8,16H. The van der Waals surface area contributed by atoms with E-state index in [1.807, 2.05) is 0 Å². The van der Waals surface area contributed by atoms with Gasteiger partial charge in [-0.2, -0.15) is 0 Å². The molecule has 0 amide bonds. The third-order valence-corrected chi connectivity index (χ3v) is 4.10. The van der Waals surface area contributed by atoms with E-state index < -0.39 is 15.8 Å². The smallest absolute Gasteiger partial charge is 0.261 e. The molecule has 0 atom stereocenters. The van der Waals surface area contributed by atoms with Gasteiger partial charge in [0.2, 0.25) is 0 Å². The molecule has 0 fully saturated rings. The van der Waals surface area contributed by atoms with Gasteiger partial charge in [-0.05, 0) is 36.4 Å². The highest BCUT2D eigenvalue weighted by molar-refractivity contribution is 7.92. The van der Waals surface area contributed by atoms with Crippen LogP contribution in [-0.4, -0.2) is 13.4 Å². The third-order valence-electron chi connectivity index (χ3n) is 2.71. The summed E-state index contributed by atoms with van der Waals surface area (Å²) < 4.78 is 44.5. The second-order valence-corrected chi connectivity index (χ2v) is 5.78. The Morgan fingerprint density at radius 1 is 1.10 bits per heavy atom. The fraction of sp³-hybridized carbons (Fsp3) is 0. The Morgan fingerprint density at radius 3 is 2.60 bits per heavy atom. The second kappa shape index (κ2) is 4.61. The molecule has 3 aromatic rings. The minimum Gasteiger partial charge on any atom is -0.443 e. The van der Waals surface area contributed by atoms with Crippen LogP contribution in [-0.2, 0) is 10.0 Å². The van der Waals surface area contributed by atoms with Crippen molar-refractivity contribution in [2.45, 2.75) is 4.90 Å². The van der Waals surface area contributed by atoms with Crippen molar-refractivity contribution in [3.8, 4) is 0 Å². The van der Waals surface area contributed by atoms with Gasteiger partial charge in [-0.15, -0.1) is 0 Å². The fourth-order valence-electron chi connectivity index (χ4n) is 1.75. The normalized spacial score (nSPS) is 11.7. The molecule has 1 aromatic heterocycles. The lowest BCUT2D eigenvalue weighted by Gasteiger charge is -2.07. The third kappa shape index (κ3) is 2.35. The summed E-state index contributed by atoms with van der Waals surface area (Å²) >= 11 is 0. The molecule has 1 N–H and O–H groups in total. The number of hydrogen-bond acceptors (Lipinski definition) is 4. The van der Waals surface area contributed by atoms with Crippen molar-refractivity contribution >= 4 is 26.8 Å². The highest BCUT2D eigenvalue weighted by atomic mass is 32.2. The van der Waals surface area contributed by atoms with Gasteiger partial charge in [-0.3, -0.25) is 4.72 Å². The SMILES string of the molecule is O=S(=O)(Nc1ccc2ncoc2c1)c1ccc(F)cc1. The lowest BCUT2D eigenvalue weighted by molar-refractivity contribution is 0.599. The molecule has 0 aliphatic rings. The molecule has 0 spiro atoms. The van der Waals surface area contributed by atoms with Gasteiger partial charge in [0.25, 0.3) is 10.0 Å². The van der Waals surface area contributed by atoms with Crippen LogP contribution in [0.15, 0.2) is 58.2 Å². The van der Waals surface area contributed by atoms with E-state index in [0.29, 0.717) is 16.8 Å². The molecule has 5 nitrogen and oxygen atoms in total. The second-order valence-electron chi connectivity index (χ2n) is 4.09. The first kappa shape index (κ1) is 12.6. The Balaban J connectivity index is 1.94.